The average Bonchev–Trinajstić information content (AvgIpc) is 2.29. The molecule has 0 spiro atoms. The molecule has 0 aliphatic carbocycles. The summed E-state index contributed by atoms with van der Waals surface area (Å²) >= 11 is 15.0. The highest BCUT2D eigenvalue weighted by molar-refractivity contribution is 9.10. The fourth-order valence-electron chi connectivity index (χ4n) is 1.26. The Kier molecular flexibility index (Phi) is 3.76. The van der Waals surface area contributed by atoms with E-state index in [0.717, 1.165) is 10.2 Å². The highest BCUT2D eigenvalue weighted by Gasteiger charge is 2.04. The van der Waals surface area contributed by atoms with E-state index in [2.05, 4.69) is 26.2 Å². The maximum Gasteiger partial charge on any atom is 0.155 e. The first kappa shape index (κ1) is 12.5. The van der Waals surface area contributed by atoms with Gasteiger partial charge in [-0.2, -0.15) is 0 Å². The lowest BCUT2D eigenvalue weighted by molar-refractivity contribution is 1.31. The Morgan fingerprint density at radius 2 is 1.94 bits per heavy atom. The van der Waals surface area contributed by atoms with Crippen LogP contribution in [0.1, 0.15) is 0 Å². The summed E-state index contributed by atoms with van der Waals surface area (Å²) in [4.78, 5) is 4.10. The molecular weight excluding hydrogens is 325 g/mol. The Bertz CT molecular complexity index is 560. The van der Waals surface area contributed by atoms with Crippen molar-refractivity contribution in [3.63, 3.8) is 0 Å². The summed E-state index contributed by atoms with van der Waals surface area (Å²) in [7, 11) is 0. The summed E-state index contributed by atoms with van der Waals surface area (Å²) < 4.78 is 0.796. The Morgan fingerprint density at radius 1 is 1.18 bits per heavy atom. The quantitative estimate of drug-likeness (QED) is 0.797. The van der Waals surface area contributed by atoms with Gasteiger partial charge in [0.2, 0.25) is 0 Å². The fraction of sp³-hybridized carbons (Fsp3) is 0. The van der Waals surface area contributed by atoms with E-state index >= 15 is 0 Å². The second-order valence-electron chi connectivity index (χ2n) is 3.33. The van der Waals surface area contributed by atoms with Crippen molar-refractivity contribution in [2.75, 3.05) is 11.1 Å². The largest absolute Gasteiger partial charge is 0.396 e. The molecule has 1 heterocycles. The van der Waals surface area contributed by atoms with Gasteiger partial charge in [-0.3, -0.25) is 0 Å². The number of hydrogen-bond donors (Lipinski definition) is 2. The molecule has 1 aromatic carbocycles. The molecule has 0 aliphatic heterocycles. The molecule has 88 valence electrons. The van der Waals surface area contributed by atoms with Gasteiger partial charge < -0.3 is 11.1 Å². The van der Waals surface area contributed by atoms with Gasteiger partial charge in [0, 0.05) is 10.2 Å². The van der Waals surface area contributed by atoms with Gasteiger partial charge >= 0.3 is 0 Å². The monoisotopic (exact) mass is 331 g/mol. The van der Waals surface area contributed by atoms with Crippen molar-refractivity contribution in [1.82, 2.24) is 4.98 Å². The van der Waals surface area contributed by atoms with Crippen LogP contribution in [-0.4, -0.2) is 4.98 Å². The minimum absolute atomic E-state index is 0.384. The lowest BCUT2D eigenvalue weighted by Gasteiger charge is -2.09. The van der Waals surface area contributed by atoms with Gasteiger partial charge in [0.1, 0.15) is 5.15 Å². The van der Waals surface area contributed by atoms with Crippen molar-refractivity contribution >= 4 is 56.3 Å². The zero-order chi connectivity index (χ0) is 12.4. The van der Waals surface area contributed by atoms with Gasteiger partial charge in [-0.1, -0.05) is 23.2 Å². The number of nitrogens with one attached hydrogen (secondary N) is 1. The molecule has 2 rings (SSSR count). The van der Waals surface area contributed by atoms with Gasteiger partial charge in [-0.05, 0) is 46.3 Å². The smallest absolute Gasteiger partial charge is 0.155 e. The molecule has 0 fully saturated rings. The summed E-state index contributed by atoms with van der Waals surface area (Å²) in [6.07, 6.45) is 0. The Balaban J connectivity index is 2.31. The van der Waals surface area contributed by atoms with Crippen LogP contribution in [0.2, 0.25) is 10.2 Å². The van der Waals surface area contributed by atoms with E-state index in [0.29, 0.717) is 21.7 Å². The average molecular weight is 333 g/mol. The molecule has 6 heteroatoms. The number of benzene rings is 1. The molecular formula is C11H8BrCl2N3. The number of nitrogen functional groups attached to an aromatic ring is 1. The number of nitrogens with zero attached hydrogens (tertiary/aromatic N) is 1. The van der Waals surface area contributed by atoms with Crippen molar-refractivity contribution < 1.29 is 0 Å². The standard InChI is InChI=1S/C11H8BrCl2N3/c12-7-5-6(1-2-8(7)13)16-11-9(15)3-4-10(14)17-11/h1-5H,15H2,(H,16,17). The van der Waals surface area contributed by atoms with Crippen LogP contribution in [0.3, 0.4) is 0 Å². The van der Waals surface area contributed by atoms with Gasteiger partial charge in [0.25, 0.3) is 0 Å². The second-order valence-corrected chi connectivity index (χ2v) is 4.97. The van der Waals surface area contributed by atoms with Crippen LogP contribution in [0.25, 0.3) is 0 Å². The molecule has 0 bridgehead atoms. The number of aromatic nitrogens is 1. The van der Waals surface area contributed by atoms with Gasteiger partial charge in [-0.15, -0.1) is 0 Å². The second kappa shape index (κ2) is 5.12. The zero-order valence-electron chi connectivity index (χ0n) is 8.55. The van der Waals surface area contributed by atoms with Crippen LogP contribution < -0.4 is 11.1 Å². The topological polar surface area (TPSA) is 50.9 Å². The number of nitrogens with two attached hydrogens (primary N) is 1. The Hall–Kier alpha value is -0.970. The van der Waals surface area contributed by atoms with Crippen LogP contribution in [-0.2, 0) is 0 Å². The normalized spacial score (nSPS) is 10.3. The predicted molar refractivity (Wildman–Crippen MR) is 76.1 cm³/mol. The summed E-state index contributed by atoms with van der Waals surface area (Å²) in [6, 6.07) is 8.77. The molecule has 3 nitrogen and oxygen atoms in total. The van der Waals surface area contributed by atoms with Crippen molar-refractivity contribution in [1.29, 1.82) is 0 Å². The van der Waals surface area contributed by atoms with E-state index in [1.807, 2.05) is 12.1 Å². The highest BCUT2D eigenvalue weighted by Crippen LogP contribution is 2.28. The molecule has 2 aromatic rings. The SMILES string of the molecule is Nc1ccc(Cl)nc1Nc1ccc(Cl)c(Br)c1. The van der Waals surface area contributed by atoms with Crippen LogP contribution >= 0.6 is 39.1 Å². The molecule has 0 amide bonds. The van der Waals surface area contributed by atoms with E-state index in [9.17, 15) is 0 Å². The van der Waals surface area contributed by atoms with Crippen molar-refractivity contribution in [3.05, 3.63) is 45.0 Å². The maximum absolute atomic E-state index is 5.90. The molecule has 17 heavy (non-hydrogen) atoms. The minimum Gasteiger partial charge on any atom is -0.396 e. The molecule has 0 saturated carbocycles. The molecule has 0 radical (unpaired) electrons. The first-order valence-corrected chi connectivity index (χ1v) is 6.25. The van der Waals surface area contributed by atoms with E-state index in [1.165, 1.54) is 0 Å². The lowest BCUT2D eigenvalue weighted by Crippen LogP contribution is -1.99. The molecule has 0 aliphatic rings. The third-order valence-corrected chi connectivity index (χ3v) is 3.50. The van der Waals surface area contributed by atoms with Gasteiger partial charge in [0.15, 0.2) is 5.82 Å². The van der Waals surface area contributed by atoms with Crippen molar-refractivity contribution in [3.8, 4) is 0 Å². The molecule has 0 unspecified atom stereocenters. The van der Waals surface area contributed by atoms with Crippen LogP contribution in [0, 0.1) is 0 Å². The number of halogens is 3. The van der Waals surface area contributed by atoms with Crippen molar-refractivity contribution in [2.45, 2.75) is 0 Å². The number of hydrogen-bond acceptors (Lipinski definition) is 3. The predicted octanol–water partition coefficient (Wildman–Crippen LogP) is 4.48. The number of anilines is 3. The third-order valence-electron chi connectivity index (χ3n) is 2.07. The number of pyridine rings is 1. The van der Waals surface area contributed by atoms with Crippen molar-refractivity contribution in [2.24, 2.45) is 0 Å². The number of rotatable bonds is 2. The highest BCUT2D eigenvalue weighted by atomic mass is 79.9. The van der Waals surface area contributed by atoms with Gasteiger partial charge in [-0.25, -0.2) is 4.98 Å². The summed E-state index contributed by atoms with van der Waals surface area (Å²) in [5.74, 6) is 0.520. The Labute approximate surface area is 117 Å². The molecule has 0 saturated heterocycles. The van der Waals surface area contributed by atoms with Gasteiger partial charge in [0.05, 0.1) is 10.7 Å². The fourth-order valence-corrected chi connectivity index (χ4v) is 1.90. The van der Waals surface area contributed by atoms with Crippen LogP contribution in [0.15, 0.2) is 34.8 Å². The molecule has 1 aromatic heterocycles. The summed E-state index contributed by atoms with van der Waals surface area (Å²) in [5, 5.41) is 4.10. The Morgan fingerprint density at radius 3 is 2.65 bits per heavy atom. The lowest BCUT2D eigenvalue weighted by atomic mass is 10.3. The molecule has 0 atom stereocenters. The van der Waals surface area contributed by atoms with E-state index in [4.69, 9.17) is 28.9 Å². The molecule has 3 N–H and O–H groups in total. The van der Waals surface area contributed by atoms with Crippen LogP contribution in [0.4, 0.5) is 17.2 Å². The first-order valence-electron chi connectivity index (χ1n) is 4.70. The maximum atomic E-state index is 5.90. The van der Waals surface area contributed by atoms with E-state index in [-0.39, 0.29) is 0 Å². The van der Waals surface area contributed by atoms with E-state index in [1.54, 1.807) is 18.2 Å². The third kappa shape index (κ3) is 3.03. The summed E-state index contributed by atoms with van der Waals surface area (Å²) in [6.45, 7) is 0. The van der Waals surface area contributed by atoms with E-state index < -0.39 is 0 Å². The van der Waals surface area contributed by atoms with Crippen LogP contribution in [0.5, 0.6) is 0 Å². The first-order chi connectivity index (χ1) is 8.06. The summed E-state index contributed by atoms with van der Waals surface area (Å²) in [5.41, 5.74) is 7.13. The minimum atomic E-state index is 0.384. The zero-order valence-corrected chi connectivity index (χ0v) is 11.6.